The molecule has 1 fully saturated rings. The van der Waals surface area contributed by atoms with Crippen molar-refractivity contribution < 1.29 is 9.53 Å². The molecular formula is C17H18N2O3. The summed E-state index contributed by atoms with van der Waals surface area (Å²) in [5, 5.41) is 3.02. The van der Waals surface area contributed by atoms with Gasteiger partial charge in [0.25, 0.3) is 5.91 Å². The van der Waals surface area contributed by atoms with Gasteiger partial charge in [0, 0.05) is 17.3 Å². The minimum absolute atomic E-state index is 0.257. The van der Waals surface area contributed by atoms with Gasteiger partial charge in [-0.3, -0.25) is 9.59 Å². The Hall–Kier alpha value is -2.40. The van der Waals surface area contributed by atoms with Gasteiger partial charge in [-0.15, -0.1) is 0 Å². The molecule has 0 radical (unpaired) electrons. The zero-order valence-electron chi connectivity index (χ0n) is 12.4. The molecule has 1 saturated heterocycles. The second-order valence-corrected chi connectivity index (χ2v) is 5.51. The van der Waals surface area contributed by atoms with Gasteiger partial charge in [0.15, 0.2) is 0 Å². The maximum absolute atomic E-state index is 12.5. The SMILES string of the molecule is CCc1cc(C(=O)NC2(c3ccccc3)COC2)cc(=O)[nH]1. The van der Waals surface area contributed by atoms with Crippen molar-refractivity contribution in [2.24, 2.45) is 0 Å². The number of H-pyrrole nitrogens is 1. The van der Waals surface area contributed by atoms with Gasteiger partial charge in [-0.1, -0.05) is 37.3 Å². The van der Waals surface area contributed by atoms with E-state index in [0.29, 0.717) is 25.2 Å². The largest absolute Gasteiger partial charge is 0.376 e. The molecule has 0 bridgehead atoms. The number of amides is 1. The van der Waals surface area contributed by atoms with Crippen molar-refractivity contribution in [2.75, 3.05) is 13.2 Å². The molecule has 5 nitrogen and oxygen atoms in total. The number of hydrogen-bond donors (Lipinski definition) is 2. The topological polar surface area (TPSA) is 71.2 Å². The van der Waals surface area contributed by atoms with E-state index in [2.05, 4.69) is 10.3 Å². The van der Waals surface area contributed by atoms with Crippen LogP contribution in [0.2, 0.25) is 0 Å². The van der Waals surface area contributed by atoms with Crippen molar-refractivity contribution in [3.63, 3.8) is 0 Å². The lowest BCUT2D eigenvalue weighted by Crippen LogP contribution is -2.59. The van der Waals surface area contributed by atoms with Crippen LogP contribution in [0, 0.1) is 0 Å². The van der Waals surface area contributed by atoms with Crippen LogP contribution in [0.1, 0.15) is 28.5 Å². The predicted octanol–water partition coefficient (Wildman–Crippen LogP) is 1.59. The molecule has 22 heavy (non-hydrogen) atoms. The Labute approximate surface area is 128 Å². The highest BCUT2D eigenvalue weighted by Crippen LogP contribution is 2.29. The van der Waals surface area contributed by atoms with E-state index in [9.17, 15) is 9.59 Å². The van der Waals surface area contributed by atoms with Crippen LogP contribution in [0.25, 0.3) is 0 Å². The molecule has 0 saturated carbocycles. The summed E-state index contributed by atoms with van der Waals surface area (Å²) >= 11 is 0. The number of hydrogen-bond acceptors (Lipinski definition) is 3. The van der Waals surface area contributed by atoms with Gasteiger partial charge in [0.1, 0.15) is 5.54 Å². The highest BCUT2D eigenvalue weighted by molar-refractivity contribution is 5.94. The first kappa shape index (κ1) is 14.5. The summed E-state index contributed by atoms with van der Waals surface area (Å²) in [7, 11) is 0. The first-order valence-corrected chi connectivity index (χ1v) is 7.32. The molecular weight excluding hydrogens is 280 g/mol. The predicted molar refractivity (Wildman–Crippen MR) is 82.8 cm³/mol. The van der Waals surface area contributed by atoms with Crippen LogP contribution in [0.15, 0.2) is 47.3 Å². The van der Waals surface area contributed by atoms with Crippen LogP contribution in [-0.2, 0) is 16.7 Å². The summed E-state index contributed by atoms with van der Waals surface area (Å²) in [6, 6.07) is 12.8. The van der Waals surface area contributed by atoms with E-state index >= 15 is 0 Å². The van der Waals surface area contributed by atoms with Crippen molar-refractivity contribution >= 4 is 5.91 Å². The number of aryl methyl sites for hydroxylation is 1. The Kier molecular flexibility index (Phi) is 3.81. The number of nitrogens with one attached hydrogen (secondary N) is 2. The summed E-state index contributed by atoms with van der Waals surface area (Å²) in [5.41, 5.74) is 1.37. The van der Waals surface area contributed by atoms with E-state index < -0.39 is 5.54 Å². The van der Waals surface area contributed by atoms with Gasteiger partial charge < -0.3 is 15.0 Å². The monoisotopic (exact) mass is 298 g/mol. The molecule has 0 spiro atoms. The Morgan fingerprint density at radius 2 is 2.00 bits per heavy atom. The summed E-state index contributed by atoms with van der Waals surface area (Å²) in [6.07, 6.45) is 0.670. The van der Waals surface area contributed by atoms with Gasteiger partial charge in [-0.2, -0.15) is 0 Å². The summed E-state index contributed by atoms with van der Waals surface area (Å²) < 4.78 is 5.32. The van der Waals surface area contributed by atoms with Crippen molar-refractivity contribution in [2.45, 2.75) is 18.9 Å². The van der Waals surface area contributed by atoms with Crippen molar-refractivity contribution in [3.8, 4) is 0 Å². The molecule has 0 aliphatic carbocycles. The van der Waals surface area contributed by atoms with Crippen LogP contribution >= 0.6 is 0 Å². The third-order valence-corrected chi connectivity index (χ3v) is 3.92. The van der Waals surface area contributed by atoms with Crippen molar-refractivity contribution in [1.82, 2.24) is 10.3 Å². The molecule has 1 aromatic heterocycles. The van der Waals surface area contributed by atoms with Crippen LogP contribution in [0.5, 0.6) is 0 Å². The smallest absolute Gasteiger partial charge is 0.252 e. The van der Waals surface area contributed by atoms with Gasteiger partial charge in [-0.05, 0) is 18.1 Å². The Balaban J connectivity index is 1.87. The molecule has 2 aromatic rings. The zero-order valence-corrected chi connectivity index (χ0v) is 12.4. The fourth-order valence-electron chi connectivity index (χ4n) is 2.59. The molecule has 114 valence electrons. The second kappa shape index (κ2) is 5.77. The van der Waals surface area contributed by atoms with E-state index in [-0.39, 0.29) is 11.5 Å². The van der Waals surface area contributed by atoms with Gasteiger partial charge in [0.2, 0.25) is 5.56 Å². The van der Waals surface area contributed by atoms with E-state index in [0.717, 1.165) is 11.3 Å². The van der Waals surface area contributed by atoms with Gasteiger partial charge >= 0.3 is 0 Å². The lowest BCUT2D eigenvalue weighted by Gasteiger charge is -2.42. The Bertz CT molecular complexity index is 733. The molecule has 1 aliphatic heterocycles. The van der Waals surface area contributed by atoms with Crippen LogP contribution in [0.3, 0.4) is 0 Å². The minimum Gasteiger partial charge on any atom is -0.376 e. The number of aromatic amines is 1. The third kappa shape index (κ3) is 2.67. The van der Waals surface area contributed by atoms with E-state index in [1.807, 2.05) is 37.3 Å². The average Bonchev–Trinajstić information content (AvgIpc) is 2.50. The van der Waals surface area contributed by atoms with Gasteiger partial charge in [-0.25, -0.2) is 0 Å². The second-order valence-electron chi connectivity index (χ2n) is 5.51. The standard InChI is InChI=1S/C17H18N2O3/c1-2-14-8-12(9-15(20)18-14)16(21)19-17(10-22-11-17)13-6-4-3-5-7-13/h3-9H,2,10-11H2,1H3,(H,18,20)(H,19,21). The molecule has 2 heterocycles. The van der Waals surface area contributed by atoms with Gasteiger partial charge in [0.05, 0.1) is 13.2 Å². The highest BCUT2D eigenvalue weighted by Gasteiger charge is 2.41. The number of ether oxygens (including phenoxy) is 1. The first-order valence-electron chi connectivity index (χ1n) is 7.32. The maximum atomic E-state index is 12.5. The molecule has 0 atom stereocenters. The Morgan fingerprint density at radius 3 is 2.59 bits per heavy atom. The number of pyridine rings is 1. The summed E-state index contributed by atoms with van der Waals surface area (Å²) in [5.74, 6) is -0.257. The Morgan fingerprint density at radius 1 is 1.27 bits per heavy atom. The number of aromatic nitrogens is 1. The molecule has 1 amide bonds. The van der Waals surface area contributed by atoms with Crippen LogP contribution in [-0.4, -0.2) is 24.1 Å². The molecule has 5 heteroatoms. The highest BCUT2D eigenvalue weighted by atomic mass is 16.5. The van der Waals surface area contributed by atoms with Crippen molar-refractivity contribution in [3.05, 3.63) is 69.6 Å². The van der Waals surface area contributed by atoms with Crippen LogP contribution in [0.4, 0.5) is 0 Å². The fraction of sp³-hybridized carbons (Fsp3) is 0.294. The van der Waals surface area contributed by atoms with Crippen LogP contribution < -0.4 is 10.9 Å². The molecule has 3 rings (SSSR count). The average molecular weight is 298 g/mol. The normalized spacial score (nSPS) is 15.9. The minimum atomic E-state index is -0.507. The maximum Gasteiger partial charge on any atom is 0.252 e. The molecule has 1 aliphatic rings. The lowest BCUT2D eigenvalue weighted by atomic mass is 9.87. The van der Waals surface area contributed by atoms with E-state index in [1.54, 1.807) is 6.07 Å². The quantitative estimate of drug-likeness (QED) is 0.900. The third-order valence-electron chi connectivity index (χ3n) is 3.92. The molecule has 1 aromatic carbocycles. The molecule has 0 unspecified atom stereocenters. The fourth-order valence-corrected chi connectivity index (χ4v) is 2.59. The molecule has 2 N–H and O–H groups in total. The van der Waals surface area contributed by atoms with Crippen molar-refractivity contribution in [1.29, 1.82) is 0 Å². The summed E-state index contributed by atoms with van der Waals surface area (Å²) in [6.45, 7) is 2.80. The number of carbonyl (C=O) groups is 1. The lowest BCUT2D eigenvalue weighted by molar-refractivity contribution is -0.0733. The van der Waals surface area contributed by atoms with E-state index in [1.165, 1.54) is 6.07 Å². The number of benzene rings is 1. The summed E-state index contributed by atoms with van der Waals surface area (Å²) in [4.78, 5) is 26.9. The zero-order chi connectivity index (χ0) is 15.6. The van der Waals surface area contributed by atoms with E-state index in [4.69, 9.17) is 4.74 Å². The number of carbonyl (C=O) groups excluding carboxylic acids is 1. The number of rotatable bonds is 4. The first-order chi connectivity index (χ1) is 10.6.